The molecular formula is C25H31N5O3S. The Kier molecular flexibility index (Phi) is 8.70. The van der Waals surface area contributed by atoms with Crippen molar-refractivity contribution < 1.29 is 14.3 Å². The molecule has 0 saturated heterocycles. The minimum Gasteiger partial charge on any atom is -0.497 e. The van der Waals surface area contributed by atoms with E-state index < -0.39 is 0 Å². The molecule has 0 aliphatic carbocycles. The van der Waals surface area contributed by atoms with E-state index in [2.05, 4.69) is 34.7 Å². The van der Waals surface area contributed by atoms with E-state index in [0.29, 0.717) is 34.8 Å². The Balaban J connectivity index is 1.63. The van der Waals surface area contributed by atoms with Crippen molar-refractivity contribution >= 4 is 29.3 Å². The first-order valence-corrected chi connectivity index (χ1v) is 12.2. The molecule has 9 heteroatoms. The fourth-order valence-corrected chi connectivity index (χ4v) is 4.35. The quantitative estimate of drug-likeness (QED) is 0.409. The van der Waals surface area contributed by atoms with Crippen LogP contribution in [0.1, 0.15) is 61.4 Å². The van der Waals surface area contributed by atoms with Crippen LogP contribution in [0.4, 0.5) is 5.69 Å². The first-order chi connectivity index (χ1) is 16.3. The van der Waals surface area contributed by atoms with Crippen molar-refractivity contribution in [1.29, 1.82) is 0 Å². The van der Waals surface area contributed by atoms with Gasteiger partial charge in [-0.05, 0) is 55.7 Å². The van der Waals surface area contributed by atoms with E-state index in [4.69, 9.17) is 4.74 Å². The van der Waals surface area contributed by atoms with Gasteiger partial charge in [0.1, 0.15) is 5.75 Å². The second kappa shape index (κ2) is 11.7. The molecular weight excluding hydrogens is 450 g/mol. The minimum atomic E-state index is -0.358. The number of methoxy groups -OCH3 is 1. The SMILES string of the molecule is CCn1c(SCC(=O)Nc2ccccc2C(C)C)nnc1[C@@H](C)NC(=O)c1ccc(OC)cc1. The number of hydrogen-bond acceptors (Lipinski definition) is 6. The molecule has 1 aromatic heterocycles. The number of thioether (sulfide) groups is 1. The third kappa shape index (κ3) is 6.17. The first kappa shape index (κ1) is 25.3. The summed E-state index contributed by atoms with van der Waals surface area (Å²) < 4.78 is 7.05. The Morgan fingerprint density at radius 3 is 2.41 bits per heavy atom. The minimum absolute atomic E-state index is 0.105. The fourth-order valence-electron chi connectivity index (χ4n) is 3.54. The van der Waals surface area contributed by atoms with E-state index in [1.807, 2.05) is 42.7 Å². The number of nitrogens with zero attached hydrogens (tertiary/aromatic N) is 3. The number of rotatable bonds is 10. The summed E-state index contributed by atoms with van der Waals surface area (Å²) >= 11 is 1.32. The van der Waals surface area contributed by atoms with Gasteiger partial charge in [0, 0.05) is 17.8 Å². The van der Waals surface area contributed by atoms with Crippen LogP contribution in [0.5, 0.6) is 5.75 Å². The molecule has 1 heterocycles. The van der Waals surface area contributed by atoms with Gasteiger partial charge in [0.25, 0.3) is 5.91 Å². The number of aromatic nitrogens is 3. The number of ether oxygens (including phenoxy) is 1. The molecule has 0 bridgehead atoms. The molecule has 180 valence electrons. The van der Waals surface area contributed by atoms with Crippen molar-refractivity contribution in [3.05, 3.63) is 65.5 Å². The van der Waals surface area contributed by atoms with Crippen molar-refractivity contribution in [2.45, 2.75) is 51.4 Å². The van der Waals surface area contributed by atoms with E-state index in [0.717, 1.165) is 11.3 Å². The Hall–Kier alpha value is -3.33. The molecule has 8 nitrogen and oxygen atoms in total. The fraction of sp³-hybridized carbons (Fsp3) is 0.360. The van der Waals surface area contributed by atoms with E-state index in [1.54, 1.807) is 31.4 Å². The van der Waals surface area contributed by atoms with Gasteiger partial charge in [-0.2, -0.15) is 0 Å². The normalized spacial score (nSPS) is 11.8. The van der Waals surface area contributed by atoms with Gasteiger partial charge >= 0.3 is 0 Å². The number of carbonyl (C=O) groups is 2. The van der Waals surface area contributed by atoms with E-state index in [-0.39, 0.29) is 23.6 Å². The molecule has 2 aromatic carbocycles. The Bertz CT molecular complexity index is 1130. The maximum atomic E-state index is 12.6. The molecule has 0 radical (unpaired) electrons. The van der Waals surface area contributed by atoms with Gasteiger partial charge in [0.05, 0.1) is 18.9 Å². The summed E-state index contributed by atoms with van der Waals surface area (Å²) in [6.45, 7) is 8.65. The van der Waals surface area contributed by atoms with Crippen molar-refractivity contribution in [2.24, 2.45) is 0 Å². The van der Waals surface area contributed by atoms with Crippen LogP contribution < -0.4 is 15.4 Å². The highest BCUT2D eigenvalue weighted by Gasteiger charge is 2.20. The molecule has 0 unspecified atom stereocenters. The van der Waals surface area contributed by atoms with Crippen molar-refractivity contribution in [3.8, 4) is 5.75 Å². The van der Waals surface area contributed by atoms with Gasteiger partial charge in [-0.15, -0.1) is 10.2 Å². The van der Waals surface area contributed by atoms with E-state index >= 15 is 0 Å². The second-order valence-electron chi connectivity index (χ2n) is 8.09. The summed E-state index contributed by atoms with van der Waals surface area (Å²) in [4.78, 5) is 25.2. The topological polar surface area (TPSA) is 98.1 Å². The highest BCUT2D eigenvalue weighted by Crippen LogP contribution is 2.25. The zero-order valence-corrected chi connectivity index (χ0v) is 21.0. The molecule has 0 aliphatic heterocycles. The maximum absolute atomic E-state index is 12.6. The number of hydrogen-bond donors (Lipinski definition) is 2. The molecule has 0 spiro atoms. The molecule has 3 aromatic rings. The predicted octanol–water partition coefficient (Wildman–Crippen LogP) is 4.65. The predicted molar refractivity (Wildman–Crippen MR) is 134 cm³/mol. The summed E-state index contributed by atoms with van der Waals surface area (Å²) in [5.74, 6) is 1.52. The smallest absolute Gasteiger partial charge is 0.251 e. The number of carbonyl (C=O) groups excluding carboxylic acids is 2. The van der Waals surface area contributed by atoms with Crippen LogP contribution >= 0.6 is 11.8 Å². The largest absolute Gasteiger partial charge is 0.497 e. The van der Waals surface area contributed by atoms with E-state index in [9.17, 15) is 9.59 Å². The lowest BCUT2D eigenvalue weighted by Crippen LogP contribution is -2.28. The van der Waals surface area contributed by atoms with Crippen LogP contribution in [0.15, 0.2) is 53.7 Å². The number of anilines is 1. The summed E-state index contributed by atoms with van der Waals surface area (Å²) in [7, 11) is 1.58. The van der Waals surface area contributed by atoms with Crippen LogP contribution in [0.25, 0.3) is 0 Å². The zero-order valence-electron chi connectivity index (χ0n) is 20.2. The lowest BCUT2D eigenvalue weighted by molar-refractivity contribution is -0.113. The third-order valence-electron chi connectivity index (χ3n) is 5.34. The summed E-state index contributed by atoms with van der Waals surface area (Å²) in [5.41, 5.74) is 2.46. The summed E-state index contributed by atoms with van der Waals surface area (Å²) in [6.07, 6.45) is 0. The molecule has 0 fully saturated rings. The Labute approximate surface area is 204 Å². The molecule has 0 saturated carbocycles. The van der Waals surface area contributed by atoms with Crippen LogP contribution in [-0.4, -0.2) is 39.4 Å². The highest BCUT2D eigenvalue weighted by atomic mass is 32.2. The molecule has 3 rings (SSSR count). The van der Waals surface area contributed by atoms with Crippen LogP contribution in [-0.2, 0) is 11.3 Å². The van der Waals surface area contributed by atoms with Crippen molar-refractivity contribution in [2.75, 3.05) is 18.2 Å². The summed E-state index contributed by atoms with van der Waals surface area (Å²) in [5, 5.41) is 15.1. The maximum Gasteiger partial charge on any atom is 0.251 e. The number of benzene rings is 2. The molecule has 34 heavy (non-hydrogen) atoms. The Morgan fingerprint density at radius 1 is 1.06 bits per heavy atom. The zero-order chi connectivity index (χ0) is 24.7. The third-order valence-corrected chi connectivity index (χ3v) is 6.30. The van der Waals surface area contributed by atoms with E-state index in [1.165, 1.54) is 11.8 Å². The van der Waals surface area contributed by atoms with Crippen molar-refractivity contribution in [3.63, 3.8) is 0 Å². The number of nitrogens with one attached hydrogen (secondary N) is 2. The van der Waals surface area contributed by atoms with Crippen LogP contribution in [0.2, 0.25) is 0 Å². The standard InChI is InChI=1S/C25H31N5O3S/c1-6-30-23(17(4)26-24(32)18-11-13-19(33-5)14-12-18)28-29-25(30)34-15-22(31)27-21-10-8-7-9-20(21)16(2)3/h7-14,16-17H,6,15H2,1-5H3,(H,26,32)(H,27,31)/t17-/m1/s1. The van der Waals surface area contributed by atoms with Gasteiger partial charge in [0.2, 0.25) is 5.91 Å². The first-order valence-electron chi connectivity index (χ1n) is 11.2. The lowest BCUT2D eigenvalue weighted by Gasteiger charge is -2.15. The molecule has 0 aliphatic rings. The average Bonchev–Trinajstić information content (AvgIpc) is 3.26. The van der Waals surface area contributed by atoms with Gasteiger partial charge in [-0.1, -0.05) is 43.8 Å². The molecule has 2 amide bonds. The number of amides is 2. The average molecular weight is 482 g/mol. The monoisotopic (exact) mass is 481 g/mol. The van der Waals surface area contributed by atoms with Gasteiger partial charge in [-0.25, -0.2) is 0 Å². The molecule has 2 N–H and O–H groups in total. The van der Waals surface area contributed by atoms with Crippen LogP contribution in [0, 0.1) is 0 Å². The number of para-hydroxylation sites is 1. The van der Waals surface area contributed by atoms with Crippen molar-refractivity contribution in [1.82, 2.24) is 20.1 Å². The van der Waals surface area contributed by atoms with Gasteiger partial charge in [0.15, 0.2) is 11.0 Å². The lowest BCUT2D eigenvalue weighted by atomic mass is 10.0. The second-order valence-corrected chi connectivity index (χ2v) is 9.03. The van der Waals surface area contributed by atoms with Gasteiger partial charge < -0.3 is 19.9 Å². The van der Waals surface area contributed by atoms with Gasteiger partial charge in [-0.3, -0.25) is 9.59 Å². The van der Waals surface area contributed by atoms with Crippen LogP contribution in [0.3, 0.4) is 0 Å². The highest BCUT2D eigenvalue weighted by molar-refractivity contribution is 7.99. The Morgan fingerprint density at radius 2 is 1.76 bits per heavy atom. The summed E-state index contributed by atoms with van der Waals surface area (Å²) in [6, 6.07) is 14.4. The molecule has 1 atom stereocenters.